The second-order valence-electron chi connectivity index (χ2n) is 9.98. The third-order valence-corrected chi connectivity index (χ3v) is 9.68. The molecule has 2 aromatic heterocycles. The highest BCUT2D eigenvalue weighted by molar-refractivity contribution is 7.89. The van der Waals surface area contributed by atoms with Crippen LogP contribution in [0.15, 0.2) is 34.2 Å². The second kappa shape index (κ2) is 7.61. The van der Waals surface area contributed by atoms with Gasteiger partial charge in [-0.15, -0.1) is 0 Å². The van der Waals surface area contributed by atoms with Crippen LogP contribution in [0.25, 0.3) is 0 Å². The Morgan fingerprint density at radius 3 is 2.50 bits per heavy atom. The lowest BCUT2D eigenvalue weighted by atomic mass is 10.0. The minimum atomic E-state index is -3.65. The molecule has 1 spiro atoms. The van der Waals surface area contributed by atoms with E-state index < -0.39 is 15.4 Å². The molecule has 0 radical (unpaired) electrons. The molecule has 34 heavy (non-hydrogen) atoms. The van der Waals surface area contributed by atoms with Gasteiger partial charge in [-0.1, -0.05) is 0 Å². The Labute approximate surface area is 197 Å². The van der Waals surface area contributed by atoms with Gasteiger partial charge >= 0.3 is 0 Å². The van der Waals surface area contributed by atoms with Crippen molar-refractivity contribution in [2.45, 2.75) is 67.8 Å². The monoisotopic (exact) mass is 484 g/mol. The van der Waals surface area contributed by atoms with E-state index in [0.29, 0.717) is 37.8 Å². The van der Waals surface area contributed by atoms with Gasteiger partial charge < -0.3 is 10.3 Å². The number of H-pyrrole nitrogens is 1. The highest BCUT2D eigenvalue weighted by Crippen LogP contribution is 2.58. The van der Waals surface area contributed by atoms with Crippen LogP contribution >= 0.6 is 0 Å². The topological polar surface area (TPSA) is 128 Å². The van der Waals surface area contributed by atoms with Gasteiger partial charge in [0, 0.05) is 49.2 Å². The number of amides is 1. The maximum absolute atomic E-state index is 13.2. The standard InChI is InChI=1S/C23H28N6O4S/c1-14(15-2-3-15)29-20-18(23(8-9-23)21(29)31)13-25-22(27-20)26-16-6-10-28(11-7-16)34(32,33)17-4-5-19(30)24-12-17/h4-5,12-16H,2-3,6-11H2,1H3,(H,24,30)(H,25,26,27)/t14-/m0/s1. The molecule has 11 heteroatoms. The Morgan fingerprint density at radius 2 is 1.88 bits per heavy atom. The molecule has 6 rings (SSSR count). The first kappa shape index (κ1) is 21.7. The van der Waals surface area contributed by atoms with Crippen molar-refractivity contribution in [2.24, 2.45) is 5.92 Å². The van der Waals surface area contributed by atoms with Crippen molar-refractivity contribution in [1.82, 2.24) is 19.3 Å². The van der Waals surface area contributed by atoms with Crippen LogP contribution in [0.4, 0.5) is 11.8 Å². The summed E-state index contributed by atoms with van der Waals surface area (Å²) in [5.41, 5.74) is 0.214. The molecule has 1 saturated heterocycles. The van der Waals surface area contributed by atoms with Crippen LogP contribution in [-0.2, 0) is 20.2 Å². The maximum atomic E-state index is 13.2. The molecule has 1 amide bonds. The van der Waals surface area contributed by atoms with Gasteiger partial charge in [0.1, 0.15) is 5.82 Å². The van der Waals surface area contributed by atoms with Crippen molar-refractivity contribution in [3.8, 4) is 0 Å². The number of hydrogen-bond acceptors (Lipinski definition) is 7. The predicted octanol–water partition coefficient (Wildman–Crippen LogP) is 1.61. The summed E-state index contributed by atoms with van der Waals surface area (Å²) in [5, 5.41) is 3.37. The van der Waals surface area contributed by atoms with E-state index in [2.05, 4.69) is 22.2 Å². The van der Waals surface area contributed by atoms with Crippen molar-refractivity contribution in [3.05, 3.63) is 40.4 Å². The third-order valence-electron chi connectivity index (χ3n) is 7.78. The van der Waals surface area contributed by atoms with Crippen molar-refractivity contribution in [2.75, 3.05) is 23.3 Å². The quantitative estimate of drug-likeness (QED) is 0.637. The minimum absolute atomic E-state index is 0.0291. The van der Waals surface area contributed by atoms with Crippen molar-refractivity contribution >= 4 is 27.7 Å². The maximum Gasteiger partial charge on any atom is 0.247 e. The van der Waals surface area contributed by atoms with E-state index in [9.17, 15) is 18.0 Å². The molecule has 1 atom stereocenters. The largest absolute Gasteiger partial charge is 0.351 e. The fourth-order valence-corrected chi connectivity index (χ4v) is 6.75. The molecule has 4 heterocycles. The number of rotatable bonds is 6. The second-order valence-corrected chi connectivity index (χ2v) is 11.9. The zero-order valence-electron chi connectivity index (χ0n) is 19.0. The molecule has 2 aliphatic carbocycles. The zero-order chi connectivity index (χ0) is 23.7. The molecule has 180 valence electrons. The number of anilines is 2. The smallest absolute Gasteiger partial charge is 0.247 e. The van der Waals surface area contributed by atoms with E-state index in [-0.39, 0.29) is 28.4 Å². The zero-order valence-corrected chi connectivity index (χ0v) is 19.8. The number of nitrogens with zero attached hydrogens (tertiary/aromatic N) is 4. The number of fused-ring (bicyclic) bond motifs is 2. The van der Waals surface area contributed by atoms with E-state index in [1.807, 2.05) is 11.1 Å². The average Bonchev–Trinajstić information content (AvgIpc) is 3.74. The number of piperidine rings is 1. The molecule has 10 nitrogen and oxygen atoms in total. The number of aromatic amines is 1. The number of carbonyl (C=O) groups excluding carboxylic acids is 1. The molecule has 2 aromatic rings. The molecule has 2 saturated carbocycles. The van der Waals surface area contributed by atoms with Crippen molar-refractivity contribution in [3.63, 3.8) is 0 Å². The van der Waals surface area contributed by atoms with Gasteiger partial charge in [-0.05, 0) is 57.4 Å². The lowest BCUT2D eigenvalue weighted by molar-refractivity contribution is -0.120. The molecule has 4 aliphatic rings. The van der Waals surface area contributed by atoms with Crippen LogP contribution in [0, 0.1) is 5.92 Å². The van der Waals surface area contributed by atoms with Gasteiger partial charge in [-0.3, -0.25) is 14.5 Å². The van der Waals surface area contributed by atoms with Crippen LogP contribution in [0.3, 0.4) is 0 Å². The summed E-state index contributed by atoms with van der Waals surface area (Å²) in [6.45, 7) is 2.83. The first-order chi connectivity index (χ1) is 16.3. The number of sulfonamides is 1. The fourth-order valence-electron chi connectivity index (χ4n) is 5.31. The number of hydrogen-bond donors (Lipinski definition) is 2. The Balaban J connectivity index is 1.16. The Hall–Kier alpha value is -2.79. The van der Waals surface area contributed by atoms with E-state index >= 15 is 0 Å². The summed E-state index contributed by atoms with van der Waals surface area (Å²) < 4.78 is 27.2. The summed E-state index contributed by atoms with van der Waals surface area (Å²) in [6.07, 6.45) is 8.31. The summed E-state index contributed by atoms with van der Waals surface area (Å²) in [5.74, 6) is 1.96. The van der Waals surface area contributed by atoms with Crippen LogP contribution in [0.1, 0.15) is 51.0 Å². The fraction of sp³-hybridized carbons (Fsp3) is 0.565. The molecule has 0 aromatic carbocycles. The van der Waals surface area contributed by atoms with E-state index in [4.69, 9.17) is 4.98 Å². The number of pyridine rings is 1. The van der Waals surface area contributed by atoms with Crippen LogP contribution in [0.2, 0.25) is 0 Å². The van der Waals surface area contributed by atoms with Gasteiger partial charge in [0.05, 0.1) is 10.3 Å². The van der Waals surface area contributed by atoms with Crippen molar-refractivity contribution < 1.29 is 13.2 Å². The van der Waals surface area contributed by atoms with Crippen LogP contribution < -0.4 is 15.8 Å². The van der Waals surface area contributed by atoms with Gasteiger partial charge in [0.15, 0.2) is 0 Å². The van der Waals surface area contributed by atoms with Gasteiger partial charge in [0.25, 0.3) is 0 Å². The summed E-state index contributed by atoms with van der Waals surface area (Å²) >= 11 is 0. The van der Waals surface area contributed by atoms with E-state index in [1.165, 1.54) is 22.6 Å². The molecule has 0 unspecified atom stereocenters. The number of nitrogens with one attached hydrogen (secondary N) is 2. The summed E-state index contributed by atoms with van der Waals surface area (Å²) in [4.78, 5) is 38.2. The molecular formula is C23H28N6O4S. The average molecular weight is 485 g/mol. The minimum Gasteiger partial charge on any atom is -0.351 e. The highest BCUT2D eigenvalue weighted by atomic mass is 32.2. The summed E-state index contributed by atoms with van der Waals surface area (Å²) in [7, 11) is -3.65. The first-order valence-electron chi connectivity index (χ1n) is 12.0. The SMILES string of the molecule is C[C@@H](C1CC1)N1C(=O)C2(CC2)c2cnc(NC3CCN(S(=O)(=O)c4ccc(=O)[nH]c4)CC3)nc21. The van der Waals surface area contributed by atoms with Crippen LogP contribution in [0.5, 0.6) is 0 Å². The summed E-state index contributed by atoms with van der Waals surface area (Å²) in [6, 6.07) is 2.73. The Morgan fingerprint density at radius 1 is 1.15 bits per heavy atom. The molecule has 0 bridgehead atoms. The third kappa shape index (κ3) is 3.44. The number of aromatic nitrogens is 3. The first-order valence-corrected chi connectivity index (χ1v) is 13.4. The lowest BCUT2D eigenvalue weighted by Crippen LogP contribution is -2.42. The van der Waals surface area contributed by atoms with Gasteiger partial charge in [0.2, 0.25) is 27.4 Å². The Kier molecular flexibility index (Phi) is 4.86. The Bertz CT molecular complexity index is 1290. The van der Waals surface area contributed by atoms with Crippen molar-refractivity contribution in [1.29, 1.82) is 0 Å². The number of carbonyl (C=O) groups is 1. The van der Waals surface area contributed by atoms with Gasteiger partial charge in [-0.25, -0.2) is 13.4 Å². The lowest BCUT2D eigenvalue weighted by Gasteiger charge is -2.31. The molecule has 2 N–H and O–H groups in total. The molecule has 3 fully saturated rings. The molecular weight excluding hydrogens is 456 g/mol. The van der Waals surface area contributed by atoms with E-state index in [0.717, 1.165) is 37.1 Å². The molecule has 2 aliphatic heterocycles. The van der Waals surface area contributed by atoms with Crippen LogP contribution in [-0.4, -0.2) is 58.8 Å². The normalized spacial score (nSPS) is 23.2. The van der Waals surface area contributed by atoms with Gasteiger partial charge in [-0.2, -0.15) is 9.29 Å². The highest BCUT2D eigenvalue weighted by Gasteiger charge is 2.61. The predicted molar refractivity (Wildman–Crippen MR) is 125 cm³/mol. The van der Waals surface area contributed by atoms with E-state index in [1.54, 1.807) is 0 Å².